The molecule has 0 bridgehead atoms. The molecule has 1 heterocycles. The van der Waals surface area contributed by atoms with Gasteiger partial charge in [-0.3, -0.25) is 0 Å². The van der Waals surface area contributed by atoms with Gasteiger partial charge in [0.25, 0.3) is 0 Å². The van der Waals surface area contributed by atoms with Gasteiger partial charge in [-0.1, -0.05) is 74.0 Å². The highest BCUT2D eigenvalue weighted by Crippen LogP contribution is 2.42. The van der Waals surface area contributed by atoms with Gasteiger partial charge in [0.05, 0.1) is 0 Å². The highest BCUT2D eigenvalue weighted by molar-refractivity contribution is 6.03. The molecule has 1 aliphatic heterocycles. The van der Waals surface area contributed by atoms with Crippen LogP contribution in [-0.2, 0) is 9.53 Å². The average Bonchev–Trinajstić information content (AvgIpc) is 2.86. The molecular weight excluding hydrogens is 260 g/mol. The van der Waals surface area contributed by atoms with Gasteiger partial charge < -0.3 is 4.74 Å². The topological polar surface area (TPSA) is 26.3 Å². The molecule has 1 atom stereocenters. The molecule has 2 aromatic carbocycles. The van der Waals surface area contributed by atoms with Crippen molar-refractivity contribution in [2.45, 2.75) is 25.9 Å². The van der Waals surface area contributed by atoms with E-state index in [1.54, 1.807) is 0 Å². The molecule has 3 rings (SSSR count). The van der Waals surface area contributed by atoms with E-state index >= 15 is 0 Å². The highest BCUT2D eigenvalue weighted by Gasteiger charge is 2.34. The van der Waals surface area contributed by atoms with E-state index in [2.05, 4.69) is 6.92 Å². The van der Waals surface area contributed by atoms with E-state index in [1.807, 2.05) is 60.7 Å². The van der Waals surface area contributed by atoms with Gasteiger partial charge in [-0.05, 0) is 17.5 Å². The highest BCUT2D eigenvalue weighted by atomic mass is 16.5. The molecule has 0 N–H and O–H groups in total. The maximum absolute atomic E-state index is 12.3. The van der Waals surface area contributed by atoms with Crippen LogP contribution in [0.5, 0.6) is 0 Å². The van der Waals surface area contributed by atoms with E-state index in [0.29, 0.717) is 0 Å². The fourth-order valence-corrected chi connectivity index (χ4v) is 2.80. The van der Waals surface area contributed by atoms with E-state index in [0.717, 1.165) is 35.1 Å². The summed E-state index contributed by atoms with van der Waals surface area (Å²) >= 11 is 0. The lowest BCUT2D eigenvalue weighted by Gasteiger charge is -2.15. The van der Waals surface area contributed by atoms with Gasteiger partial charge in [0.1, 0.15) is 0 Å². The third-order valence-electron chi connectivity index (χ3n) is 3.75. The summed E-state index contributed by atoms with van der Waals surface area (Å²) in [5, 5.41) is 0. The van der Waals surface area contributed by atoms with Crippen molar-refractivity contribution in [1.82, 2.24) is 0 Å². The van der Waals surface area contributed by atoms with Crippen LogP contribution < -0.4 is 0 Å². The van der Waals surface area contributed by atoms with E-state index in [9.17, 15) is 4.79 Å². The minimum absolute atomic E-state index is 0.176. The molecule has 106 valence electrons. The standard InChI is InChI=1S/C19H18O2/c1-2-9-16-17(14-10-5-3-6-11-14)18(21-19(16)20)15-12-7-4-8-13-15/h3-8,10-13,18H,2,9H2,1H3/t18-/m1/s1. The summed E-state index contributed by atoms with van der Waals surface area (Å²) in [6.07, 6.45) is 1.40. The van der Waals surface area contributed by atoms with Gasteiger partial charge >= 0.3 is 5.97 Å². The minimum Gasteiger partial charge on any atom is -0.449 e. The monoisotopic (exact) mass is 278 g/mol. The van der Waals surface area contributed by atoms with Crippen LogP contribution in [-0.4, -0.2) is 5.97 Å². The summed E-state index contributed by atoms with van der Waals surface area (Å²) < 4.78 is 5.67. The summed E-state index contributed by atoms with van der Waals surface area (Å²) in [6.45, 7) is 2.08. The third-order valence-corrected chi connectivity index (χ3v) is 3.75. The van der Waals surface area contributed by atoms with E-state index in [-0.39, 0.29) is 12.1 Å². The second-order valence-corrected chi connectivity index (χ2v) is 5.20. The Hall–Kier alpha value is -2.35. The first kappa shape index (κ1) is 13.6. The van der Waals surface area contributed by atoms with E-state index in [4.69, 9.17) is 4.74 Å². The Kier molecular flexibility index (Phi) is 3.87. The number of benzene rings is 2. The van der Waals surface area contributed by atoms with Crippen molar-refractivity contribution in [2.75, 3.05) is 0 Å². The number of ether oxygens (including phenoxy) is 1. The van der Waals surface area contributed by atoms with Crippen molar-refractivity contribution in [3.63, 3.8) is 0 Å². The third kappa shape index (κ3) is 2.62. The van der Waals surface area contributed by atoms with Gasteiger partial charge in [0, 0.05) is 11.1 Å². The number of hydrogen-bond donors (Lipinski definition) is 0. The number of hydrogen-bond acceptors (Lipinski definition) is 2. The largest absolute Gasteiger partial charge is 0.449 e. The number of carbonyl (C=O) groups excluding carboxylic acids is 1. The summed E-state index contributed by atoms with van der Waals surface area (Å²) in [4.78, 5) is 12.3. The zero-order valence-electron chi connectivity index (χ0n) is 12.1. The molecule has 0 aliphatic carbocycles. The SMILES string of the molecule is CCCC1=C(c2ccccc2)[C@@H](c2ccccc2)OC1=O. The van der Waals surface area contributed by atoms with Gasteiger partial charge in [-0.15, -0.1) is 0 Å². The zero-order chi connectivity index (χ0) is 14.7. The summed E-state index contributed by atoms with van der Waals surface area (Å²) in [7, 11) is 0. The first-order valence-electron chi connectivity index (χ1n) is 7.35. The average molecular weight is 278 g/mol. The molecule has 0 amide bonds. The van der Waals surface area contributed by atoms with Crippen LogP contribution in [0.1, 0.15) is 37.0 Å². The van der Waals surface area contributed by atoms with Gasteiger partial charge in [0.2, 0.25) is 0 Å². The maximum Gasteiger partial charge on any atom is 0.335 e. The molecule has 21 heavy (non-hydrogen) atoms. The van der Waals surface area contributed by atoms with Crippen molar-refractivity contribution in [1.29, 1.82) is 0 Å². The Labute approximate surface area is 125 Å². The Morgan fingerprint density at radius 3 is 2.19 bits per heavy atom. The fraction of sp³-hybridized carbons (Fsp3) is 0.211. The van der Waals surface area contributed by atoms with Crippen LogP contribution in [0, 0.1) is 0 Å². The van der Waals surface area contributed by atoms with Crippen LogP contribution in [0.25, 0.3) is 5.57 Å². The van der Waals surface area contributed by atoms with E-state index in [1.165, 1.54) is 0 Å². The molecule has 2 nitrogen and oxygen atoms in total. The Morgan fingerprint density at radius 1 is 0.952 bits per heavy atom. The Bertz CT molecular complexity index is 656. The molecule has 1 aliphatic rings. The minimum atomic E-state index is -0.289. The molecule has 0 spiro atoms. The van der Waals surface area contributed by atoms with Crippen molar-refractivity contribution in [2.24, 2.45) is 0 Å². The number of carbonyl (C=O) groups is 1. The Morgan fingerprint density at radius 2 is 1.57 bits per heavy atom. The summed E-state index contributed by atoms with van der Waals surface area (Å²) in [5.41, 5.74) is 3.93. The lowest BCUT2D eigenvalue weighted by Crippen LogP contribution is -2.03. The molecule has 0 radical (unpaired) electrons. The van der Waals surface area contributed by atoms with Crippen molar-refractivity contribution in [3.05, 3.63) is 77.4 Å². The van der Waals surface area contributed by atoms with Crippen LogP contribution in [0.3, 0.4) is 0 Å². The quantitative estimate of drug-likeness (QED) is 0.768. The van der Waals surface area contributed by atoms with Crippen molar-refractivity contribution < 1.29 is 9.53 Å². The lowest BCUT2D eigenvalue weighted by atomic mass is 9.91. The van der Waals surface area contributed by atoms with Crippen molar-refractivity contribution in [3.8, 4) is 0 Å². The fourth-order valence-electron chi connectivity index (χ4n) is 2.80. The number of rotatable bonds is 4. The van der Waals surface area contributed by atoms with Crippen LogP contribution in [0.15, 0.2) is 66.2 Å². The van der Waals surface area contributed by atoms with Gasteiger partial charge in [-0.25, -0.2) is 4.79 Å². The lowest BCUT2D eigenvalue weighted by molar-refractivity contribution is -0.139. The Balaban J connectivity index is 2.11. The van der Waals surface area contributed by atoms with Crippen LogP contribution in [0.4, 0.5) is 0 Å². The van der Waals surface area contributed by atoms with Gasteiger partial charge in [0.15, 0.2) is 6.10 Å². The molecule has 2 aromatic rings. The molecule has 0 saturated heterocycles. The molecule has 2 heteroatoms. The normalized spacial score (nSPS) is 18.0. The smallest absolute Gasteiger partial charge is 0.335 e. The summed E-state index contributed by atoms with van der Waals surface area (Å²) in [5.74, 6) is -0.176. The maximum atomic E-state index is 12.3. The molecular formula is C19H18O2. The van der Waals surface area contributed by atoms with Crippen LogP contribution in [0.2, 0.25) is 0 Å². The number of esters is 1. The molecule has 0 saturated carbocycles. The second-order valence-electron chi connectivity index (χ2n) is 5.20. The predicted octanol–water partition coefficient (Wildman–Crippen LogP) is 4.54. The van der Waals surface area contributed by atoms with Crippen molar-refractivity contribution >= 4 is 11.5 Å². The van der Waals surface area contributed by atoms with Crippen LogP contribution >= 0.6 is 0 Å². The molecule has 0 aromatic heterocycles. The van der Waals surface area contributed by atoms with Gasteiger partial charge in [-0.2, -0.15) is 0 Å². The first-order chi connectivity index (χ1) is 10.3. The molecule has 0 unspecified atom stereocenters. The first-order valence-corrected chi connectivity index (χ1v) is 7.35. The van der Waals surface area contributed by atoms with E-state index < -0.39 is 0 Å². The summed E-state index contributed by atoms with van der Waals surface area (Å²) in [6, 6.07) is 20.0. The zero-order valence-corrected chi connectivity index (χ0v) is 12.1. The number of cyclic esters (lactones) is 1. The molecule has 0 fully saturated rings. The second kappa shape index (κ2) is 5.96. The predicted molar refractivity (Wildman–Crippen MR) is 83.5 cm³/mol.